The first-order valence-corrected chi connectivity index (χ1v) is 10.6. The SMILES string of the molecule is C[C@@H](NC(=O)c1ccccc1-c1ncc(-c2cccc(Br)c2)o1)c1ccc(Cl)cc1. The molecular weight excluding hydrogens is 464 g/mol. The number of hydrogen-bond donors (Lipinski definition) is 1. The summed E-state index contributed by atoms with van der Waals surface area (Å²) in [6.07, 6.45) is 1.67. The van der Waals surface area contributed by atoms with E-state index in [2.05, 4.69) is 26.2 Å². The fourth-order valence-electron chi connectivity index (χ4n) is 3.15. The quantitative estimate of drug-likeness (QED) is 0.337. The van der Waals surface area contributed by atoms with Gasteiger partial charge in [-0.1, -0.05) is 63.9 Å². The van der Waals surface area contributed by atoms with E-state index in [0.717, 1.165) is 15.6 Å². The molecule has 150 valence electrons. The zero-order valence-electron chi connectivity index (χ0n) is 16.1. The van der Waals surface area contributed by atoms with Crippen molar-refractivity contribution in [3.8, 4) is 22.8 Å². The standard InChI is InChI=1S/C24H18BrClN2O2/c1-15(16-9-11-19(26)12-10-16)28-23(29)20-7-2-3-8-21(20)24-27-14-22(30-24)17-5-4-6-18(25)13-17/h2-15H,1H3,(H,28,29)/t15-/m1/s1. The Morgan fingerprint density at radius 1 is 1.07 bits per heavy atom. The zero-order valence-corrected chi connectivity index (χ0v) is 18.4. The topological polar surface area (TPSA) is 55.1 Å². The number of carbonyl (C=O) groups excluding carboxylic acids is 1. The molecule has 4 nitrogen and oxygen atoms in total. The Kier molecular flexibility index (Phi) is 6.02. The molecule has 0 radical (unpaired) electrons. The number of oxazole rings is 1. The molecule has 1 N–H and O–H groups in total. The molecule has 1 amide bonds. The van der Waals surface area contributed by atoms with Gasteiger partial charge in [0.2, 0.25) is 5.89 Å². The third kappa shape index (κ3) is 4.48. The van der Waals surface area contributed by atoms with Crippen molar-refractivity contribution in [1.82, 2.24) is 10.3 Å². The first-order valence-electron chi connectivity index (χ1n) is 9.39. The maximum atomic E-state index is 13.0. The van der Waals surface area contributed by atoms with Crippen LogP contribution in [0.25, 0.3) is 22.8 Å². The largest absolute Gasteiger partial charge is 0.436 e. The fraction of sp³-hybridized carbons (Fsp3) is 0.0833. The van der Waals surface area contributed by atoms with E-state index in [-0.39, 0.29) is 11.9 Å². The van der Waals surface area contributed by atoms with E-state index in [4.69, 9.17) is 16.0 Å². The number of carbonyl (C=O) groups is 1. The molecule has 6 heteroatoms. The summed E-state index contributed by atoms with van der Waals surface area (Å²) in [5, 5.41) is 3.69. The monoisotopic (exact) mass is 480 g/mol. The van der Waals surface area contributed by atoms with Crippen LogP contribution in [-0.4, -0.2) is 10.9 Å². The van der Waals surface area contributed by atoms with Crippen LogP contribution in [0, 0.1) is 0 Å². The summed E-state index contributed by atoms with van der Waals surface area (Å²) in [4.78, 5) is 17.4. The van der Waals surface area contributed by atoms with Crippen LogP contribution in [0.5, 0.6) is 0 Å². The van der Waals surface area contributed by atoms with E-state index < -0.39 is 0 Å². The Labute approximate surface area is 188 Å². The number of amides is 1. The van der Waals surface area contributed by atoms with Gasteiger partial charge < -0.3 is 9.73 Å². The smallest absolute Gasteiger partial charge is 0.252 e. The summed E-state index contributed by atoms with van der Waals surface area (Å²) in [6.45, 7) is 1.93. The number of hydrogen-bond acceptors (Lipinski definition) is 3. The second kappa shape index (κ2) is 8.86. The van der Waals surface area contributed by atoms with Gasteiger partial charge in [0, 0.05) is 20.6 Å². The Balaban J connectivity index is 1.60. The van der Waals surface area contributed by atoms with Gasteiger partial charge in [-0.25, -0.2) is 4.98 Å². The molecule has 0 aliphatic carbocycles. The average molecular weight is 482 g/mol. The number of aromatic nitrogens is 1. The lowest BCUT2D eigenvalue weighted by Crippen LogP contribution is -2.27. The summed E-state index contributed by atoms with van der Waals surface area (Å²) in [5.41, 5.74) is 3.01. The maximum Gasteiger partial charge on any atom is 0.252 e. The van der Waals surface area contributed by atoms with Crippen LogP contribution in [0.4, 0.5) is 0 Å². The second-order valence-electron chi connectivity index (χ2n) is 6.83. The van der Waals surface area contributed by atoms with Crippen LogP contribution in [0.3, 0.4) is 0 Å². The van der Waals surface area contributed by atoms with Crippen molar-refractivity contribution < 1.29 is 9.21 Å². The van der Waals surface area contributed by atoms with Crippen LogP contribution >= 0.6 is 27.5 Å². The molecule has 0 aliphatic rings. The van der Waals surface area contributed by atoms with E-state index in [0.29, 0.717) is 27.8 Å². The highest BCUT2D eigenvalue weighted by molar-refractivity contribution is 9.10. The van der Waals surface area contributed by atoms with E-state index in [1.165, 1.54) is 0 Å². The number of nitrogens with one attached hydrogen (secondary N) is 1. The molecule has 0 aliphatic heterocycles. The number of nitrogens with zero attached hydrogens (tertiary/aromatic N) is 1. The van der Waals surface area contributed by atoms with Crippen molar-refractivity contribution in [2.75, 3.05) is 0 Å². The Hall–Kier alpha value is -2.89. The summed E-state index contributed by atoms with van der Waals surface area (Å²) in [7, 11) is 0. The Morgan fingerprint density at radius 2 is 1.83 bits per heavy atom. The lowest BCUT2D eigenvalue weighted by atomic mass is 10.0. The van der Waals surface area contributed by atoms with Crippen LogP contribution in [0.15, 0.2) is 87.9 Å². The minimum atomic E-state index is -0.199. The fourth-order valence-corrected chi connectivity index (χ4v) is 3.68. The summed E-state index contributed by atoms with van der Waals surface area (Å²) in [5.74, 6) is 0.834. The average Bonchev–Trinajstić information content (AvgIpc) is 3.24. The van der Waals surface area contributed by atoms with Crippen molar-refractivity contribution in [2.45, 2.75) is 13.0 Å². The van der Waals surface area contributed by atoms with Gasteiger partial charge in [0.1, 0.15) is 0 Å². The summed E-state index contributed by atoms with van der Waals surface area (Å²) < 4.78 is 6.93. The highest BCUT2D eigenvalue weighted by atomic mass is 79.9. The number of rotatable bonds is 5. The summed E-state index contributed by atoms with van der Waals surface area (Å²) >= 11 is 9.42. The van der Waals surface area contributed by atoms with Gasteiger partial charge in [-0.15, -0.1) is 0 Å². The molecular formula is C24H18BrClN2O2. The van der Waals surface area contributed by atoms with Gasteiger partial charge in [0.05, 0.1) is 17.8 Å². The van der Waals surface area contributed by atoms with Crippen molar-refractivity contribution in [3.63, 3.8) is 0 Å². The zero-order chi connectivity index (χ0) is 21.1. The highest BCUT2D eigenvalue weighted by Crippen LogP contribution is 2.29. The van der Waals surface area contributed by atoms with Crippen molar-refractivity contribution in [1.29, 1.82) is 0 Å². The minimum absolute atomic E-state index is 0.176. The lowest BCUT2D eigenvalue weighted by Gasteiger charge is -2.15. The molecule has 0 spiro atoms. The van der Waals surface area contributed by atoms with Gasteiger partial charge in [0.25, 0.3) is 5.91 Å². The maximum absolute atomic E-state index is 13.0. The molecule has 0 bridgehead atoms. The third-order valence-electron chi connectivity index (χ3n) is 4.73. The molecule has 30 heavy (non-hydrogen) atoms. The molecule has 1 atom stereocenters. The van der Waals surface area contributed by atoms with Crippen LogP contribution < -0.4 is 5.32 Å². The van der Waals surface area contributed by atoms with Crippen LogP contribution in [-0.2, 0) is 0 Å². The Morgan fingerprint density at radius 3 is 2.60 bits per heavy atom. The van der Waals surface area contributed by atoms with Crippen LogP contribution in [0.1, 0.15) is 28.9 Å². The number of benzene rings is 3. The van der Waals surface area contributed by atoms with Gasteiger partial charge in [0.15, 0.2) is 5.76 Å². The van der Waals surface area contributed by atoms with Crippen molar-refractivity contribution >= 4 is 33.4 Å². The first kappa shape index (κ1) is 20.4. The predicted molar refractivity (Wildman–Crippen MR) is 122 cm³/mol. The molecule has 3 aromatic carbocycles. The van der Waals surface area contributed by atoms with Crippen molar-refractivity contribution in [3.05, 3.63) is 99.6 Å². The van der Waals surface area contributed by atoms with E-state index in [1.54, 1.807) is 12.3 Å². The van der Waals surface area contributed by atoms with E-state index in [9.17, 15) is 4.79 Å². The highest BCUT2D eigenvalue weighted by Gasteiger charge is 2.19. The van der Waals surface area contributed by atoms with Gasteiger partial charge in [-0.05, 0) is 48.9 Å². The second-order valence-corrected chi connectivity index (χ2v) is 8.18. The minimum Gasteiger partial charge on any atom is -0.436 e. The Bertz CT molecular complexity index is 1190. The van der Waals surface area contributed by atoms with Crippen LogP contribution in [0.2, 0.25) is 5.02 Å². The molecule has 0 saturated carbocycles. The molecule has 0 fully saturated rings. The first-order chi connectivity index (χ1) is 14.5. The molecule has 4 aromatic rings. The molecule has 4 rings (SSSR count). The normalized spacial score (nSPS) is 11.8. The molecule has 1 aromatic heterocycles. The predicted octanol–water partition coefficient (Wildman–Crippen LogP) is 6.92. The lowest BCUT2D eigenvalue weighted by molar-refractivity contribution is 0.0940. The molecule has 1 heterocycles. The number of halogens is 2. The van der Waals surface area contributed by atoms with Gasteiger partial charge in [-0.3, -0.25) is 4.79 Å². The van der Waals surface area contributed by atoms with E-state index >= 15 is 0 Å². The van der Waals surface area contributed by atoms with Gasteiger partial charge >= 0.3 is 0 Å². The van der Waals surface area contributed by atoms with Crippen molar-refractivity contribution in [2.24, 2.45) is 0 Å². The van der Waals surface area contributed by atoms with Gasteiger partial charge in [-0.2, -0.15) is 0 Å². The summed E-state index contributed by atoms with van der Waals surface area (Å²) in [6, 6.07) is 22.3. The van der Waals surface area contributed by atoms with E-state index in [1.807, 2.05) is 73.7 Å². The molecule has 0 unspecified atom stereocenters. The molecule has 0 saturated heterocycles. The third-order valence-corrected chi connectivity index (χ3v) is 5.48.